The van der Waals surface area contributed by atoms with Crippen LogP contribution in [-0.4, -0.2) is 18.2 Å². The molecule has 2 nitrogen and oxygen atoms in total. The number of hydrogen-bond donors (Lipinski definition) is 2. The van der Waals surface area contributed by atoms with E-state index in [0.29, 0.717) is 6.17 Å². The standard InChI is InChI=1S/C8H18N2/c1-8(2,3)10-7-5-4-6-9-7/h7,9-10H,4-6H2,1-3H3. The Morgan fingerprint density at radius 2 is 2.10 bits per heavy atom. The highest BCUT2D eigenvalue weighted by Gasteiger charge is 2.19. The van der Waals surface area contributed by atoms with Gasteiger partial charge in [0.15, 0.2) is 0 Å². The molecule has 1 saturated heterocycles. The highest BCUT2D eigenvalue weighted by atomic mass is 15.2. The molecule has 0 aromatic rings. The van der Waals surface area contributed by atoms with Gasteiger partial charge in [-0.3, -0.25) is 5.32 Å². The van der Waals surface area contributed by atoms with Gasteiger partial charge in [0, 0.05) is 5.54 Å². The maximum absolute atomic E-state index is 3.51. The van der Waals surface area contributed by atoms with E-state index in [0.717, 1.165) is 0 Å². The van der Waals surface area contributed by atoms with Crippen LogP contribution in [0, 0.1) is 0 Å². The Morgan fingerprint density at radius 3 is 2.50 bits per heavy atom. The van der Waals surface area contributed by atoms with Crippen LogP contribution in [0.4, 0.5) is 0 Å². The van der Waals surface area contributed by atoms with Crippen molar-refractivity contribution in [3.63, 3.8) is 0 Å². The fourth-order valence-electron chi connectivity index (χ4n) is 1.33. The summed E-state index contributed by atoms with van der Waals surface area (Å²) in [7, 11) is 0. The van der Waals surface area contributed by atoms with Gasteiger partial charge in [0.1, 0.15) is 0 Å². The smallest absolute Gasteiger partial charge is 0.0576 e. The van der Waals surface area contributed by atoms with Crippen molar-refractivity contribution in [3.8, 4) is 0 Å². The van der Waals surface area contributed by atoms with Gasteiger partial charge in [0.05, 0.1) is 6.17 Å². The summed E-state index contributed by atoms with van der Waals surface area (Å²) < 4.78 is 0. The third-order valence-corrected chi connectivity index (χ3v) is 1.67. The SMILES string of the molecule is CC(C)(C)NC1CCCN1. The first-order valence-corrected chi connectivity index (χ1v) is 4.09. The zero-order chi connectivity index (χ0) is 7.61. The largest absolute Gasteiger partial charge is 0.302 e. The lowest BCUT2D eigenvalue weighted by atomic mass is 10.1. The zero-order valence-electron chi connectivity index (χ0n) is 7.20. The lowest BCUT2D eigenvalue weighted by Gasteiger charge is -2.25. The van der Waals surface area contributed by atoms with Crippen molar-refractivity contribution in [2.75, 3.05) is 6.54 Å². The van der Waals surface area contributed by atoms with Crippen LogP contribution in [-0.2, 0) is 0 Å². The van der Waals surface area contributed by atoms with E-state index in [9.17, 15) is 0 Å². The molecule has 1 aliphatic heterocycles. The molecule has 0 aromatic heterocycles. The molecule has 0 radical (unpaired) electrons. The average molecular weight is 142 g/mol. The van der Waals surface area contributed by atoms with Gasteiger partial charge in [-0.2, -0.15) is 0 Å². The minimum atomic E-state index is 0.252. The lowest BCUT2D eigenvalue weighted by Crippen LogP contribution is -2.48. The van der Waals surface area contributed by atoms with Gasteiger partial charge in [-0.05, 0) is 40.2 Å². The van der Waals surface area contributed by atoms with Crippen LogP contribution >= 0.6 is 0 Å². The molecule has 1 aliphatic rings. The van der Waals surface area contributed by atoms with Gasteiger partial charge < -0.3 is 5.32 Å². The second kappa shape index (κ2) is 2.89. The fraction of sp³-hybridized carbons (Fsp3) is 1.00. The van der Waals surface area contributed by atoms with Gasteiger partial charge in [0.2, 0.25) is 0 Å². The van der Waals surface area contributed by atoms with Crippen molar-refractivity contribution in [3.05, 3.63) is 0 Å². The molecule has 0 bridgehead atoms. The van der Waals surface area contributed by atoms with E-state index in [-0.39, 0.29) is 5.54 Å². The van der Waals surface area contributed by atoms with Gasteiger partial charge >= 0.3 is 0 Å². The quantitative estimate of drug-likeness (QED) is 0.572. The molecular weight excluding hydrogens is 124 g/mol. The molecule has 2 heteroatoms. The molecule has 1 fully saturated rings. The molecule has 60 valence electrons. The first-order valence-electron chi connectivity index (χ1n) is 4.09. The molecule has 0 aliphatic carbocycles. The van der Waals surface area contributed by atoms with Crippen molar-refractivity contribution in [2.45, 2.75) is 45.3 Å². The Kier molecular flexibility index (Phi) is 2.32. The highest BCUT2D eigenvalue weighted by Crippen LogP contribution is 2.07. The van der Waals surface area contributed by atoms with Gasteiger partial charge in [-0.25, -0.2) is 0 Å². The molecular formula is C8H18N2. The predicted octanol–water partition coefficient (Wildman–Crippen LogP) is 1.08. The minimum Gasteiger partial charge on any atom is -0.302 e. The van der Waals surface area contributed by atoms with E-state index in [2.05, 4.69) is 31.4 Å². The predicted molar refractivity (Wildman–Crippen MR) is 43.9 cm³/mol. The van der Waals surface area contributed by atoms with Crippen LogP contribution in [0.5, 0.6) is 0 Å². The maximum atomic E-state index is 3.51. The molecule has 0 amide bonds. The summed E-state index contributed by atoms with van der Waals surface area (Å²) in [5.74, 6) is 0. The Labute approximate surface area is 63.4 Å². The van der Waals surface area contributed by atoms with E-state index in [1.54, 1.807) is 0 Å². The van der Waals surface area contributed by atoms with Crippen LogP contribution in [0.3, 0.4) is 0 Å². The maximum Gasteiger partial charge on any atom is 0.0576 e. The van der Waals surface area contributed by atoms with Crippen LogP contribution in [0.1, 0.15) is 33.6 Å². The molecule has 0 spiro atoms. The monoisotopic (exact) mass is 142 g/mol. The molecule has 1 atom stereocenters. The van der Waals surface area contributed by atoms with E-state index >= 15 is 0 Å². The molecule has 0 saturated carbocycles. The second-order valence-electron chi connectivity index (χ2n) is 4.04. The summed E-state index contributed by atoms with van der Waals surface area (Å²) in [6.45, 7) is 7.78. The Morgan fingerprint density at radius 1 is 1.40 bits per heavy atom. The van der Waals surface area contributed by atoms with E-state index < -0.39 is 0 Å². The third kappa shape index (κ3) is 2.67. The Bertz CT molecular complexity index is 98.3. The van der Waals surface area contributed by atoms with Crippen molar-refractivity contribution in [1.82, 2.24) is 10.6 Å². The van der Waals surface area contributed by atoms with Crippen molar-refractivity contribution in [2.24, 2.45) is 0 Å². The average Bonchev–Trinajstić information content (AvgIpc) is 2.12. The second-order valence-corrected chi connectivity index (χ2v) is 4.04. The van der Waals surface area contributed by atoms with Crippen LogP contribution < -0.4 is 10.6 Å². The summed E-state index contributed by atoms with van der Waals surface area (Å²) in [5.41, 5.74) is 0.252. The first kappa shape index (κ1) is 8.02. The van der Waals surface area contributed by atoms with Gasteiger partial charge in [-0.15, -0.1) is 0 Å². The van der Waals surface area contributed by atoms with E-state index in [4.69, 9.17) is 0 Å². The van der Waals surface area contributed by atoms with Gasteiger partial charge in [0.25, 0.3) is 0 Å². The zero-order valence-corrected chi connectivity index (χ0v) is 7.20. The van der Waals surface area contributed by atoms with E-state index in [1.165, 1.54) is 19.4 Å². The molecule has 1 heterocycles. The number of hydrogen-bond acceptors (Lipinski definition) is 2. The fourth-order valence-corrected chi connectivity index (χ4v) is 1.33. The van der Waals surface area contributed by atoms with Crippen LogP contribution in [0.2, 0.25) is 0 Å². The first-order chi connectivity index (χ1) is 4.58. The topological polar surface area (TPSA) is 24.1 Å². The molecule has 1 unspecified atom stereocenters. The van der Waals surface area contributed by atoms with Gasteiger partial charge in [-0.1, -0.05) is 0 Å². The highest BCUT2D eigenvalue weighted by molar-refractivity contribution is 4.79. The summed E-state index contributed by atoms with van der Waals surface area (Å²) >= 11 is 0. The van der Waals surface area contributed by atoms with Crippen molar-refractivity contribution >= 4 is 0 Å². The molecule has 0 aromatic carbocycles. The number of nitrogens with one attached hydrogen (secondary N) is 2. The van der Waals surface area contributed by atoms with Crippen molar-refractivity contribution < 1.29 is 0 Å². The summed E-state index contributed by atoms with van der Waals surface area (Å²) in [4.78, 5) is 0. The minimum absolute atomic E-state index is 0.252. The lowest BCUT2D eigenvalue weighted by molar-refractivity contribution is 0.342. The number of rotatable bonds is 1. The Balaban J connectivity index is 2.24. The van der Waals surface area contributed by atoms with Crippen LogP contribution in [0.15, 0.2) is 0 Å². The third-order valence-electron chi connectivity index (χ3n) is 1.67. The summed E-state index contributed by atoms with van der Waals surface area (Å²) in [5, 5.41) is 6.91. The van der Waals surface area contributed by atoms with E-state index in [1.807, 2.05) is 0 Å². The summed E-state index contributed by atoms with van der Waals surface area (Å²) in [6.07, 6.45) is 3.14. The molecule has 10 heavy (non-hydrogen) atoms. The normalized spacial score (nSPS) is 27.3. The van der Waals surface area contributed by atoms with Crippen LogP contribution in [0.25, 0.3) is 0 Å². The molecule has 1 rings (SSSR count). The van der Waals surface area contributed by atoms with Crippen molar-refractivity contribution in [1.29, 1.82) is 0 Å². The Hall–Kier alpha value is -0.0800. The summed E-state index contributed by atoms with van der Waals surface area (Å²) in [6, 6.07) is 0. The molecule has 2 N–H and O–H groups in total.